The lowest BCUT2D eigenvalue weighted by Gasteiger charge is -2.01. The van der Waals surface area contributed by atoms with E-state index in [1.807, 2.05) is 0 Å². The standard InChI is InChI=1S/C11H12N2O5/c1-17-10(14)7-8(11(15)18-2)12-9-5-3-4-6-13(9)16/h3-7,16H,1-2H3. The minimum Gasteiger partial charge on any atom is -0.466 e. The van der Waals surface area contributed by atoms with Crippen molar-refractivity contribution in [2.24, 2.45) is 4.99 Å². The first kappa shape index (κ1) is 13.5. The number of methoxy groups -OCH3 is 2. The normalized spacial score (nSPS) is 12.1. The van der Waals surface area contributed by atoms with Crippen LogP contribution in [0.15, 0.2) is 41.2 Å². The second-order valence-corrected chi connectivity index (χ2v) is 3.06. The molecule has 0 bridgehead atoms. The van der Waals surface area contributed by atoms with E-state index in [1.165, 1.54) is 19.4 Å². The highest BCUT2D eigenvalue weighted by atomic mass is 16.5. The molecule has 7 nitrogen and oxygen atoms in total. The van der Waals surface area contributed by atoms with Gasteiger partial charge in [-0.2, -0.15) is 4.73 Å². The first-order chi connectivity index (χ1) is 8.58. The van der Waals surface area contributed by atoms with E-state index in [-0.39, 0.29) is 11.2 Å². The van der Waals surface area contributed by atoms with Crippen molar-refractivity contribution in [2.45, 2.75) is 0 Å². The zero-order valence-corrected chi connectivity index (χ0v) is 9.86. The van der Waals surface area contributed by atoms with Gasteiger partial charge in [-0.3, -0.25) is 0 Å². The molecule has 7 heteroatoms. The Kier molecular flexibility index (Phi) is 4.67. The van der Waals surface area contributed by atoms with Crippen LogP contribution in [0.25, 0.3) is 0 Å². The summed E-state index contributed by atoms with van der Waals surface area (Å²) in [6.45, 7) is 0. The van der Waals surface area contributed by atoms with Crippen LogP contribution in [0.1, 0.15) is 0 Å². The Morgan fingerprint density at radius 3 is 2.61 bits per heavy atom. The monoisotopic (exact) mass is 252 g/mol. The summed E-state index contributed by atoms with van der Waals surface area (Å²) in [6, 6.07) is 4.63. The molecule has 0 aliphatic heterocycles. The van der Waals surface area contributed by atoms with Gasteiger partial charge in [-0.05, 0) is 12.1 Å². The third-order valence-corrected chi connectivity index (χ3v) is 1.90. The summed E-state index contributed by atoms with van der Waals surface area (Å²) in [5.41, 5.74) is -0.212. The van der Waals surface area contributed by atoms with E-state index in [4.69, 9.17) is 0 Å². The summed E-state index contributed by atoms with van der Waals surface area (Å²) in [5, 5.41) is 9.43. The molecule has 1 heterocycles. The lowest BCUT2D eigenvalue weighted by atomic mass is 10.4. The van der Waals surface area contributed by atoms with Crippen LogP contribution in [0.4, 0.5) is 0 Å². The Hall–Kier alpha value is -2.57. The van der Waals surface area contributed by atoms with E-state index in [0.717, 1.165) is 13.2 Å². The number of ether oxygens (including phenoxy) is 2. The quantitative estimate of drug-likeness (QED) is 0.459. The van der Waals surface area contributed by atoms with Gasteiger partial charge in [0.15, 0.2) is 11.2 Å². The van der Waals surface area contributed by atoms with Crippen molar-refractivity contribution >= 4 is 11.9 Å². The molecule has 0 aliphatic rings. The predicted octanol–water partition coefficient (Wildman–Crippen LogP) is -0.144. The van der Waals surface area contributed by atoms with Crippen molar-refractivity contribution in [1.29, 1.82) is 0 Å². The van der Waals surface area contributed by atoms with Crippen molar-refractivity contribution in [2.75, 3.05) is 14.2 Å². The summed E-state index contributed by atoms with van der Waals surface area (Å²) < 4.78 is 9.56. The van der Waals surface area contributed by atoms with Gasteiger partial charge in [0, 0.05) is 6.20 Å². The van der Waals surface area contributed by atoms with Gasteiger partial charge in [-0.25, -0.2) is 14.6 Å². The summed E-state index contributed by atoms with van der Waals surface area (Å²) in [4.78, 5) is 26.3. The molecule has 0 fully saturated rings. The summed E-state index contributed by atoms with van der Waals surface area (Å²) in [5.74, 6) is -1.57. The Morgan fingerprint density at radius 1 is 1.33 bits per heavy atom. The van der Waals surface area contributed by atoms with Crippen molar-refractivity contribution in [3.63, 3.8) is 0 Å². The van der Waals surface area contributed by atoms with E-state index in [1.54, 1.807) is 12.1 Å². The highest BCUT2D eigenvalue weighted by molar-refractivity contribution is 5.95. The maximum atomic E-state index is 11.4. The molecule has 0 amide bonds. The van der Waals surface area contributed by atoms with Crippen molar-refractivity contribution in [1.82, 2.24) is 4.73 Å². The number of rotatable bonds is 3. The number of esters is 2. The summed E-state index contributed by atoms with van der Waals surface area (Å²) in [6.07, 6.45) is 2.20. The molecule has 0 radical (unpaired) electrons. The SMILES string of the molecule is COC(=O)C=C(N=c1ccccn1O)C(=O)OC. The Balaban J connectivity index is 3.26. The molecule has 0 aromatic carbocycles. The summed E-state index contributed by atoms with van der Waals surface area (Å²) >= 11 is 0. The fourth-order valence-electron chi connectivity index (χ4n) is 1.05. The van der Waals surface area contributed by atoms with Crippen molar-refractivity contribution < 1.29 is 24.3 Å². The average Bonchev–Trinajstić information content (AvgIpc) is 2.39. The van der Waals surface area contributed by atoms with Gasteiger partial charge in [0.1, 0.15) is 0 Å². The smallest absolute Gasteiger partial charge is 0.357 e. The Morgan fingerprint density at radius 2 is 2.06 bits per heavy atom. The lowest BCUT2D eigenvalue weighted by Crippen LogP contribution is -2.19. The number of aromatic nitrogens is 1. The van der Waals surface area contributed by atoms with Crippen molar-refractivity contribution in [3.8, 4) is 0 Å². The zero-order valence-electron chi connectivity index (χ0n) is 9.86. The molecule has 0 atom stereocenters. The number of hydrogen-bond acceptors (Lipinski definition) is 6. The maximum Gasteiger partial charge on any atom is 0.357 e. The second kappa shape index (κ2) is 6.24. The summed E-state index contributed by atoms with van der Waals surface area (Å²) in [7, 11) is 2.32. The minimum atomic E-state index is -0.816. The fourth-order valence-corrected chi connectivity index (χ4v) is 1.05. The van der Waals surface area contributed by atoms with Crippen LogP contribution in [0.3, 0.4) is 0 Å². The number of nitrogens with zero attached hydrogens (tertiary/aromatic N) is 2. The minimum absolute atomic E-state index is 0.0676. The van der Waals surface area contributed by atoms with Gasteiger partial charge < -0.3 is 14.7 Å². The molecular weight excluding hydrogens is 240 g/mol. The first-order valence-corrected chi connectivity index (χ1v) is 4.88. The number of carbonyl (C=O) groups is 2. The van der Waals surface area contributed by atoms with E-state index in [9.17, 15) is 14.8 Å². The second-order valence-electron chi connectivity index (χ2n) is 3.06. The first-order valence-electron chi connectivity index (χ1n) is 4.88. The highest BCUT2D eigenvalue weighted by Gasteiger charge is 2.11. The number of pyridine rings is 1. The molecule has 0 saturated heterocycles. The fraction of sp³-hybridized carbons (Fsp3) is 0.182. The van der Waals surface area contributed by atoms with E-state index in [0.29, 0.717) is 4.73 Å². The van der Waals surface area contributed by atoms with Crippen LogP contribution >= 0.6 is 0 Å². The highest BCUT2D eigenvalue weighted by Crippen LogP contribution is 1.99. The topological polar surface area (TPSA) is 90.1 Å². The average molecular weight is 252 g/mol. The molecule has 0 unspecified atom stereocenters. The Labute approximate surface area is 103 Å². The van der Waals surface area contributed by atoms with Crippen LogP contribution in [0, 0.1) is 0 Å². The van der Waals surface area contributed by atoms with Crippen LogP contribution in [-0.4, -0.2) is 36.1 Å². The van der Waals surface area contributed by atoms with Gasteiger partial charge in [0.05, 0.1) is 20.3 Å². The van der Waals surface area contributed by atoms with E-state index < -0.39 is 11.9 Å². The van der Waals surface area contributed by atoms with Crippen molar-refractivity contribution in [3.05, 3.63) is 41.7 Å². The molecule has 1 N–H and O–H groups in total. The molecule has 0 aliphatic carbocycles. The third-order valence-electron chi connectivity index (χ3n) is 1.90. The van der Waals surface area contributed by atoms with E-state index in [2.05, 4.69) is 14.5 Å². The lowest BCUT2D eigenvalue weighted by molar-refractivity contribution is -0.138. The molecule has 0 saturated carbocycles. The van der Waals surface area contributed by atoms with Gasteiger partial charge in [0.25, 0.3) is 0 Å². The largest absolute Gasteiger partial charge is 0.466 e. The van der Waals surface area contributed by atoms with E-state index >= 15 is 0 Å². The molecular formula is C11H12N2O5. The van der Waals surface area contributed by atoms with Crippen LogP contribution in [-0.2, 0) is 19.1 Å². The van der Waals surface area contributed by atoms with Gasteiger partial charge >= 0.3 is 11.9 Å². The Bertz CT molecular complexity index is 544. The number of carbonyl (C=O) groups excluding carboxylic acids is 2. The zero-order chi connectivity index (χ0) is 13.5. The van der Waals surface area contributed by atoms with Gasteiger partial charge in [0.2, 0.25) is 0 Å². The molecule has 1 aromatic heterocycles. The molecule has 18 heavy (non-hydrogen) atoms. The van der Waals surface area contributed by atoms with Gasteiger partial charge in [-0.15, -0.1) is 0 Å². The van der Waals surface area contributed by atoms with Crippen LogP contribution < -0.4 is 5.49 Å². The van der Waals surface area contributed by atoms with Crippen LogP contribution in [0.5, 0.6) is 0 Å². The number of hydrogen-bond donors (Lipinski definition) is 1. The molecule has 1 aromatic rings. The maximum absolute atomic E-state index is 11.4. The third kappa shape index (κ3) is 3.48. The molecule has 0 spiro atoms. The van der Waals surface area contributed by atoms with Crippen LogP contribution in [0.2, 0.25) is 0 Å². The predicted molar refractivity (Wildman–Crippen MR) is 59.3 cm³/mol. The van der Waals surface area contributed by atoms with Gasteiger partial charge in [-0.1, -0.05) is 6.07 Å². The molecule has 96 valence electrons. The molecule has 1 rings (SSSR count).